The third kappa shape index (κ3) is 3.32. The van der Waals surface area contributed by atoms with Crippen LogP contribution >= 0.6 is 11.6 Å². The van der Waals surface area contributed by atoms with Crippen molar-refractivity contribution in [3.63, 3.8) is 0 Å². The smallest absolute Gasteiger partial charge is 0.185 e. The van der Waals surface area contributed by atoms with Gasteiger partial charge in [-0.05, 0) is 29.2 Å². The number of nitrogens with zero attached hydrogens (tertiary/aromatic N) is 1. The minimum atomic E-state index is -0.828. The Bertz CT molecular complexity index is 683. The van der Waals surface area contributed by atoms with Crippen molar-refractivity contribution < 1.29 is 4.79 Å². The molecule has 0 aliphatic heterocycles. The zero-order chi connectivity index (χ0) is 15.4. The van der Waals surface area contributed by atoms with Crippen LogP contribution in [0.25, 0.3) is 0 Å². The van der Waals surface area contributed by atoms with Crippen LogP contribution in [0.1, 0.15) is 47.2 Å². The second-order valence-corrected chi connectivity index (χ2v) is 5.63. The molecule has 0 aromatic heterocycles. The lowest BCUT2D eigenvalue weighted by atomic mass is 9.90. The van der Waals surface area contributed by atoms with Crippen molar-refractivity contribution in [2.45, 2.75) is 25.7 Å². The van der Waals surface area contributed by atoms with E-state index in [2.05, 4.69) is 19.9 Å². The average Bonchev–Trinajstić information content (AvgIpc) is 2.49. The van der Waals surface area contributed by atoms with Gasteiger partial charge in [-0.3, -0.25) is 4.79 Å². The summed E-state index contributed by atoms with van der Waals surface area (Å²) in [7, 11) is 0. The summed E-state index contributed by atoms with van der Waals surface area (Å²) in [5.41, 5.74) is 2.27. The van der Waals surface area contributed by atoms with Crippen molar-refractivity contribution in [2.75, 3.05) is 0 Å². The SMILES string of the molecule is CC(C)c1ccc(C(C#N)C(=O)c2ccccc2Cl)cc1. The summed E-state index contributed by atoms with van der Waals surface area (Å²) in [4.78, 5) is 12.5. The van der Waals surface area contributed by atoms with E-state index >= 15 is 0 Å². The number of carbonyl (C=O) groups is 1. The first kappa shape index (κ1) is 15.3. The third-order valence-electron chi connectivity index (χ3n) is 3.47. The Hall–Kier alpha value is -2.11. The summed E-state index contributed by atoms with van der Waals surface area (Å²) in [6, 6.07) is 16.5. The average molecular weight is 298 g/mol. The summed E-state index contributed by atoms with van der Waals surface area (Å²) in [6.07, 6.45) is 0. The number of hydrogen-bond acceptors (Lipinski definition) is 2. The van der Waals surface area contributed by atoms with E-state index in [0.29, 0.717) is 22.1 Å². The predicted octanol–water partition coefficient (Wildman–Crippen LogP) is 4.95. The topological polar surface area (TPSA) is 40.9 Å². The van der Waals surface area contributed by atoms with Gasteiger partial charge >= 0.3 is 0 Å². The standard InChI is InChI=1S/C18H16ClNO/c1-12(2)13-7-9-14(10-8-13)16(11-20)18(21)15-5-3-4-6-17(15)19/h3-10,12,16H,1-2H3. The van der Waals surface area contributed by atoms with Crippen LogP contribution in [0.15, 0.2) is 48.5 Å². The van der Waals surface area contributed by atoms with Crippen LogP contribution in [0.4, 0.5) is 0 Å². The maximum atomic E-state index is 12.5. The lowest BCUT2D eigenvalue weighted by Crippen LogP contribution is -2.12. The van der Waals surface area contributed by atoms with Gasteiger partial charge in [0, 0.05) is 5.56 Å². The minimum absolute atomic E-state index is 0.264. The second kappa shape index (κ2) is 6.56. The van der Waals surface area contributed by atoms with Crippen molar-refractivity contribution >= 4 is 17.4 Å². The van der Waals surface area contributed by atoms with Gasteiger partial charge in [-0.2, -0.15) is 5.26 Å². The fraction of sp³-hybridized carbons (Fsp3) is 0.222. The number of ketones is 1. The Kier molecular flexibility index (Phi) is 4.77. The highest BCUT2D eigenvalue weighted by Crippen LogP contribution is 2.26. The largest absolute Gasteiger partial charge is 0.292 e. The Morgan fingerprint density at radius 2 is 1.62 bits per heavy atom. The maximum Gasteiger partial charge on any atom is 0.185 e. The molecule has 0 aliphatic rings. The third-order valence-corrected chi connectivity index (χ3v) is 3.80. The highest BCUT2D eigenvalue weighted by molar-refractivity contribution is 6.34. The highest BCUT2D eigenvalue weighted by Gasteiger charge is 2.23. The van der Waals surface area contributed by atoms with Gasteiger partial charge in [-0.15, -0.1) is 0 Å². The van der Waals surface area contributed by atoms with E-state index in [1.54, 1.807) is 24.3 Å². The van der Waals surface area contributed by atoms with Gasteiger partial charge in [-0.1, -0.05) is 61.8 Å². The number of rotatable bonds is 4. The van der Waals surface area contributed by atoms with Crippen molar-refractivity contribution in [2.24, 2.45) is 0 Å². The van der Waals surface area contributed by atoms with Crippen LogP contribution in [0.5, 0.6) is 0 Å². The summed E-state index contributed by atoms with van der Waals surface area (Å²) in [5.74, 6) is -0.676. The summed E-state index contributed by atoms with van der Waals surface area (Å²) in [6.45, 7) is 4.21. The molecule has 0 bridgehead atoms. The molecule has 2 nitrogen and oxygen atoms in total. The number of Topliss-reactive ketones (excluding diaryl/α,β-unsaturated/α-hetero) is 1. The molecular weight excluding hydrogens is 282 g/mol. The molecule has 0 N–H and O–H groups in total. The van der Waals surface area contributed by atoms with Crippen molar-refractivity contribution in [1.82, 2.24) is 0 Å². The monoisotopic (exact) mass is 297 g/mol. The quantitative estimate of drug-likeness (QED) is 0.749. The van der Waals surface area contributed by atoms with E-state index < -0.39 is 5.92 Å². The molecule has 1 unspecified atom stereocenters. The number of hydrogen-bond donors (Lipinski definition) is 0. The molecule has 21 heavy (non-hydrogen) atoms. The Balaban J connectivity index is 2.34. The number of nitriles is 1. The summed E-state index contributed by atoms with van der Waals surface area (Å²) in [5, 5.41) is 9.74. The van der Waals surface area contributed by atoms with E-state index in [4.69, 9.17) is 11.6 Å². The van der Waals surface area contributed by atoms with Crippen molar-refractivity contribution in [1.29, 1.82) is 5.26 Å². The van der Waals surface area contributed by atoms with Crippen LogP contribution in [0, 0.1) is 11.3 Å². The normalized spacial score (nSPS) is 12.0. The molecule has 0 spiro atoms. The molecular formula is C18H16ClNO. The zero-order valence-electron chi connectivity index (χ0n) is 12.0. The molecule has 2 aromatic rings. The molecule has 0 radical (unpaired) electrons. The van der Waals surface area contributed by atoms with Gasteiger partial charge in [0.15, 0.2) is 5.78 Å². The first-order chi connectivity index (χ1) is 10.0. The summed E-state index contributed by atoms with van der Waals surface area (Å²) < 4.78 is 0. The van der Waals surface area contributed by atoms with Gasteiger partial charge in [0.2, 0.25) is 0 Å². The number of benzene rings is 2. The van der Waals surface area contributed by atoms with Gasteiger partial charge in [0.05, 0.1) is 11.1 Å². The van der Waals surface area contributed by atoms with Gasteiger partial charge in [-0.25, -0.2) is 0 Å². The first-order valence-corrected chi connectivity index (χ1v) is 7.20. The molecule has 0 saturated carbocycles. The Morgan fingerprint density at radius 1 is 1.05 bits per heavy atom. The number of carbonyl (C=O) groups excluding carboxylic acids is 1. The molecule has 2 aromatic carbocycles. The van der Waals surface area contributed by atoms with E-state index in [1.165, 1.54) is 5.56 Å². The molecule has 0 fully saturated rings. The van der Waals surface area contributed by atoms with Crippen LogP contribution in [-0.2, 0) is 0 Å². The zero-order valence-corrected chi connectivity index (χ0v) is 12.8. The van der Waals surface area contributed by atoms with Crippen LogP contribution in [0.3, 0.4) is 0 Å². The van der Waals surface area contributed by atoms with E-state index in [9.17, 15) is 10.1 Å². The van der Waals surface area contributed by atoms with Crippen molar-refractivity contribution in [3.8, 4) is 6.07 Å². The second-order valence-electron chi connectivity index (χ2n) is 5.23. The molecule has 0 saturated heterocycles. The van der Waals surface area contributed by atoms with Crippen LogP contribution < -0.4 is 0 Å². The lowest BCUT2D eigenvalue weighted by molar-refractivity contribution is 0.0979. The first-order valence-electron chi connectivity index (χ1n) is 6.82. The van der Waals surface area contributed by atoms with Crippen LogP contribution in [0.2, 0.25) is 5.02 Å². The van der Waals surface area contributed by atoms with Crippen molar-refractivity contribution in [3.05, 3.63) is 70.2 Å². The lowest BCUT2D eigenvalue weighted by Gasteiger charge is -2.11. The molecule has 106 valence electrons. The number of halogens is 1. The van der Waals surface area contributed by atoms with Gasteiger partial charge < -0.3 is 0 Å². The predicted molar refractivity (Wildman–Crippen MR) is 84.7 cm³/mol. The fourth-order valence-electron chi connectivity index (χ4n) is 2.17. The van der Waals surface area contributed by atoms with Gasteiger partial charge in [0.1, 0.15) is 5.92 Å². The maximum absolute atomic E-state index is 12.5. The van der Waals surface area contributed by atoms with E-state index in [-0.39, 0.29) is 5.78 Å². The molecule has 1 atom stereocenters. The molecule has 0 heterocycles. The summed E-state index contributed by atoms with van der Waals surface area (Å²) >= 11 is 6.04. The van der Waals surface area contributed by atoms with E-state index in [1.807, 2.05) is 24.3 Å². The van der Waals surface area contributed by atoms with Gasteiger partial charge in [0.25, 0.3) is 0 Å². The van der Waals surface area contributed by atoms with Crippen LogP contribution in [-0.4, -0.2) is 5.78 Å². The molecule has 0 aliphatic carbocycles. The molecule has 2 rings (SSSR count). The highest BCUT2D eigenvalue weighted by atomic mass is 35.5. The molecule has 0 amide bonds. The van der Waals surface area contributed by atoms with E-state index in [0.717, 1.165) is 0 Å². The minimum Gasteiger partial charge on any atom is -0.292 e. The fourth-order valence-corrected chi connectivity index (χ4v) is 2.40. The Labute approximate surface area is 130 Å². The molecule has 3 heteroatoms. The Morgan fingerprint density at radius 3 is 2.14 bits per heavy atom.